The topological polar surface area (TPSA) is 55.1 Å². The van der Waals surface area contributed by atoms with Gasteiger partial charge in [0.05, 0.1) is 5.02 Å². The first-order valence-corrected chi connectivity index (χ1v) is 6.91. The molecule has 0 fully saturated rings. The molecule has 104 valence electrons. The maximum atomic E-state index is 13.2. The first kappa shape index (κ1) is 14.8. The van der Waals surface area contributed by atoms with E-state index in [-0.39, 0.29) is 5.02 Å². The normalized spacial score (nSPS) is 11.9. The van der Waals surface area contributed by atoms with E-state index in [2.05, 4.69) is 21.2 Å². The van der Waals surface area contributed by atoms with Gasteiger partial charge >= 0.3 is 0 Å². The molecule has 0 saturated carbocycles. The van der Waals surface area contributed by atoms with Crippen LogP contribution in [0.5, 0.6) is 0 Å². The number of hydrogen-bond donors (Lipinski definition) is 2. The summed E-state index contributed by atoms with van der Waals surface area (Å²) in [4.78, 5) is 11.6. The zero-order valence-electron chi connectivity index (χ0n) is 10.2. The fourth-order valence-electron chi connectivity index (χ4n) is 1.76. The third-order valence-electron chi connectivity index (χ3n) is 2.70. The molecule has 2 aromatic rings. The number of nitrogens with two attached hydrogens (primary N) is 1. The van der Waals surface area contributed by atoms with Crippen LogP contribution in [-0.2, 0) is 4.79 Å². The summed E-state index contributed by atoms with van der Waals surface area (Å²) in [5.41, 5.74) is 6.61. The van der Waals surface area contributed by atoms with Crippen LogP contribution in [0.1, 0.15) is 11.6 Å². The van der Waals surface area contributed by atoms with Gasteiger partial charge in [-0.15, -0.1) is 0 Å². The van der Waals surface area contributed by atoms with Crippen molar-refractivity contribution in [3.63, 3.8) is 0 Å². The van der Waals surface area contributed by atoms with Crippen molar-refractivity contribution in [3.8, 4) is 0 Å². The van der Waals surface area contributed by atoms with Gasteiger partial charge in [0.2, 0.25) is 5.91 Å². The largest absolute Gasteiger partial charge is 0.370 e. The molecule has 6 heteroatoms. The standard InChI is InChI=1S/C14H11BrClFN2O/c15-9-2-1-3-10(7-9)19-13(14(18)20)8-4-5-12(17)11(16)6-8/h1-7,13,19H,(H2,18,20). The Morgan fingerprint density at radius 1 is 1.30 bits per heavy atom. The molecule has 0 heterocycles. The molecule has 1 unspecified atom stereocenters. The molecule has 0 aromatic heterocycles. The van der Waals surface area contributed by atoms with Crippen LogP contribution in [-0.4, -0.2) is 5.91 Å². The Morgan fingerprint density at radius 3 is 2.65 bits per heavy atom. The Balaban J connectivity index is 2.32. The lowest BCUT2D eigenvalue weighted by Gasteiger charge is -2.17. The van der Waals surface area contributed by atoms with E-state index in [4.69, 9.17) is 17.3 Å². The summed E-state index contributed by atoms with van der Waals surface area (Å²) in [5, 5.41) is 2.95. The van der Waals surface area contributed by atoms with Gasteiger partial charge in [-0.1, -0.05) is 39.7 Å². The fourth-order valence-corrected chi connectivity index (χ4v) is 2.34. The summed E-state index contributed by atoms with van der Waals surface area (Å²) in [7, 11) is 0. The number of amides is 1. The fraction of sp³-hybridized carbons (Fsp3) is 0.0714. The van der Waals surface area contributed by atoms with Crippen molar-refractivity contribution >= 4 is 39.1 Å². The number of nitrogens with one attached hydrogen (secondary N) is 1. The van der Waals surface area contributed by atoms with Gasteiger partial charge in [0.15, 0.2) is 0 Å². The van der Waals surface area contributed by atoms with Crippen molar-refractivity contribution in [2.24, 2.45) is 5.73 Å². The van der Waals surface area contributed by atoms with Crippen molar-refractivity contribution in [1.82, 2.24) is 0 Å². The molecule has 0 bridgehead atoms. The van der Waals surface area contributed by atoms with E-state index in [1.54, 1.807) is 12.1 Å². The molecule has 1 amide bonds. The Kier molecular flexibility index (Phi) is 4.62. The van der Waals surface area contributed by atoms with E-state index in [1.807, 2.05) is 12.1 Å². The lowest BCUT2D eigenvalue weighted by Crippen LogP contribution is -2.27. The molecule has 2 rings (SSSR count). The van der Waals surface area contributed by atoms with Crippen LogP contribution < -0.4 is 11.1 Å². The van der Waals surface area contributed by atoms with Gasteiger partial charge in [-0.3, -0.25) is 4.79 Å². The number of hydrogen-bond acceptors (Lipinski definition) is 2. The highest BCUT2D eigenvalue weighted by Crippen LogP contribution is 2.25. The van der Waals surface area contributed by atoms with E-state index in [9.17, 15) is 9.18 Å². The molecule has 3 nitrogen and oxygen atoms in total. The van der Waals surface area contributed by atoms with Crippen molar-refractivity contribution in [3.05, 3.63) is 63.3 Å². The Bertz CT molecular complexity index is 651. The average Bonchev–Trinajstić information content (AvgIpc) is 2.39. The molecule has 0 aliphatic carbocycles. The number of anilines is 1. The molecule has 0 aliphatic rings. The molecule has 0 spiro atoms. The van der Waals surface area contributed by atoms with Gasteiger partial charge in [0, 0.05) is 10.2 Å². The summed E-state index contributed by atoms with van der Waals surface area (Å²) in [6.07, 6.45) is 0. The van der Waals surface area contributed by atoms with Crippen molar-refractivity contribution < 1.29 is 9.18 Å². The SMILES string of the molecule is NC(=O)C(Nc1cccc(Br)c1)c1ccc(F)c(Cl)c1. The van der Waals surface area contributed by atoms with Crippen molar-refractivity contribution in [1.29, 1.82) is 0 Å². The van der Waals surface area contributed by atoms with E-state index in [1.165, 1.54) is 18.2 Å². The number of rotatable bonds is 4. The minimum Gasteiger partial charge on any atom is -0.370 e. The second-order valence-corrected chi connectivity index (χ2v) is 5.49. The molecule has 2 aromatic carbocycles. The minimum absolute atomic E-state index is 0.0511. The molecule has 3 N–H and O–H groups in total. The quantitative estimate of drug-likeness (QED) is 0.872. The van der Waals surface area contributed by atoms with Gasteiger partial charge in [0.25, 0.3) is 0 Å². The third-order valence-corrected chi connectivity index (χ3v) is 3.48. The maximum absolute atomic E-state index is 13.2. The van der Waals surface area contributed by atoms with E-state index in [0.717, 1.165) is 4.47 Å². The molecular weight excluding hydrogens is 347 g/mol. The first-order chi connectivity index (χ1) is 9.47. The maximum Gasteiger partial charge on any atom is 0.244 e. The first-order valence-electron chi connectivity index (χ1n) is 5.74. The third kappa shape index (κ3) is 3.49. The van der Waals surface area contributed by atoms with Crippen LogP contribution >= 0.6 is 27.5 Å². The number of primary amides is 1. The zero-order valence-corrected chi connectivity index (χ0v) is 12.6. The summed E-state index contributed by atoms with van der Waals surface area (Å²) in [5.74, 6) is -1.12. The predicted molar refractivity (Wildman–Crippen MR) is 81.1 cm³/mol. The summed E-state index contributed by atoms with van der Waals surface area (Å²) >= 11 is 9.07. The minimum atomic E-state index is -0.789. The summed E-state index contributed by atoms with van der Waals surface area (Å²) < 4.78 is 14.0. The van der Waals surface area contributed by atoms with E-state index < -0.39 is 17.8 Å². The highest BCUT2D eigenvalue weighted by Gasteiger charge is 2.18. The van der Waals surface area contributed by atoms with Crippen LogP contribution in [0.15, 0.2) is 46.9 Å². The molecule has 0 radical (unpaired) electrons. The highest BCUT2D eigenvalue weighted by molar-refractivity contribution is 9.10. The Hall–Kier alpha value is -1.59. The Labute approximate surface area is 129 Å². The summed E-state index contributed by atoms with van der Waals surface area (Å²) in [6.45, 7) is 0. The van der Waals surface area contributed by atoms with Gasteiger partial charge in [-0.25, -0.2) is 4.39 Å². The van der Waals surface area contributed by atoms with Gasteiger partial charge in [0.1, 0.15) is 11.9 Å². The molecular formula is C14H11BrClFN2O. The average molecular weight is 358 g/mol. The number of carbonyl (C=O) groups is 1. The zero-order chi connectivity index (χ0) is 14.7. The van der Waals surface area contributed by atoms with E-state index in [0.29, 0.717) is 11.3 Å². The van der Waals surface area contributed by atoms with Crippen LogP contribution in [0, 0.1) is 5.82 Å². The number of carbonyl (C=O) groups excluding carboxylic acids is 1. The lowest BCUT2D eigenvalue weighted by molar-refractivity contribution is -0.118. The van der Waals surface area contributed by atoms with Crippen LogP contribution in [0.4, 0.5) is 10.1 Å². The van der Waals surface area contributed by atoms with E-state index >= 15 is 0 Å². The second kappa shape index (κ2) is 6.24. The van der Waals surface area contributed by atoms with Crippen LogP contribution in [0.25, 0.3) is 0 Å². The number of benzene rings is 2. The molecule has 0 saturated heterocycles. The van der Waals surface area contributed by atoms with Crippen molar-refractivity contribution in [2.45, 2.75) is 6.04 Å². The van der Waals surface area contributed by atoms with Gasteiger partial charge < -0.3 is 11.1 Å². The summed E-state index contributed by atoms with van der Waals surface area (Å²) in [6, 6.07) is 10.6. The van der Waals surface area contributed by atoms with Crippen LogP contribution in [0.3, 0.4) is 0 Å². The van der Waals surface area contributed by atoms with Crippen molar-refractivity contribution in [2.75, 3.05) is 5.32 Å². The number of halogens is 3. The molecule has 0 aliphatic heterocycles. The van der Waals surface area contributed by atoms with Gasteiger partial charge in [-0.05, 0) is 35.9 Å². The Morgan fingerprint density at radius 2 is 2.05 bits per heavy atom. The molecule has 20 heavy (non-hydrogen) atoms. The van der Waals surface area contributed by atoms with Gasteiger partial charge in [-0.2, -0.15) is 0 Å². The monoisotopic (exact) mass is 356 g/mol. The smallest absolute Gasteiger partial charge is 0.244 e. The highest BCUT2D eigenvalue weighted by atomic mass is 79.9. The van der Waals surface area contributed by atoms with Crippen LogP contribution in [0.2, 0.25) is 5.02 Å². The lowest BCUT2D eigenvalue weighted by atomic mass is 10.1. The second-order valence-electron chi connectivity index (χ2n) is 4.16. The predicted octanol–water partition coefficient (Wildman–Crippen LogP) is 3.88. The molecule has 1 atom stereocenters.